The molecule has 0 aliphatic rings. The highest BCUT2D eigenvalue weighted by molar-refractivity contribution is 5.95. The van der Waals surface area contributed by atoms with E-state index >= 15 is 0 Å². The summed E-state index contributed by atoms with van der Waals surface area (Å²) in [5, 5.41) is 7.24. The number of nitrogens with one attached hydrogen (secondary N) is 1. The number of imidazole rings is 1. The molecule has 78 valence electrons. The van der Waals surface area contributed by atoms with Gasteiger partial charge in [-0.25, -0.2) is 4.98 Å². The average Bonchev–Trinajstić information content (AvgIpc) is 2.71. The van der Waals surface area contributed by atoms with E-state index in [1.54, 1.807) is 12.5 Å². The number of nitrogens with two attached hydrogens (primary N) is 1. The molecule has 0 saturated carbocycles. The molecule has 1 heterocycles. The molecule has 0 fully saturated rings. The lowest BCUT2D eigenvalue weighted by Gasteiger charge is -2.02. The molecule has 15 heavy (non-hydrogen) atoms. The van der Waals surface area contributed by atoms with Crippen molar-refractivity contribution in [3.63, 3.8) is 0 Å². The van der Waals surface area contributed by atoms with Crippen molar-refractivity contribution >= 4 is 18.2 Å². The highest BCUT2D eigenvalue weighted by Crippen LogP contribution is 2.08. The monoisotopic (exact) mass is 222 g/mol. The fourth-order valence-corrected chi connectivity index (χ4v) is 1.22. The van der Waals surface area contributed by atoms with Crippen LogP contribution in [-0.2, 0) is 0 Å². The van der Waals surface area contributed by atoms with Crippen LogP contribution in [-0.4, -0.2) is 15.4 Å². The zero-order chi connectivity index (χ0) is 9.97. The molecular weight excluding hydrogens is 212 g/mol. The van der Waals surface area contributed by atoms with Crippen LogP contribution >= 0.6 is 12.4 Å². The third-order valence-electron chi connectivity index (χ3n) is 1.98. The Balaban J connectivity index is 0.00000112. The third-order valence-corrected chi connectivity index (χ3v) is 1.98. The Bertz CT molecular complexity index is 433. The van der Waals surface area contributed by atoms with Gasteiger partial charge in [0.1, 0.15) is 5.84 Å². The van der Waals surface area contributed by atoms with Crippen LogP contribution in [0.25, 0.3) is 5.69 Å². The number of rotatable bonds is 2. The molecule has 1 aromatic heterocycles. The Kier molecular flexibility index (Phi) is 3.46. The van der Waals surface area contributed by atoms with Crippen molar-refractivity contribution in [2.24, 2.45) is 5.73 Å². The van der Waals surface area contributed by atoms with Crippen LogP contribution in [0.3, 0.4) is 0 Å². The van der Waals surface area contributed by atoms with Crippen LogP contribution in [0.5, 0.6) is 0 Å². The van der Waals surface area contributed by atoms with E-state index < -0.39 is 0 Å². The fourth-order valence-electron chi connectivity index (χ4n) is 1.22. The number of amidine groups is 1. The van der Waals surface area contributed by atoms with Gasteiger partial charge in [0.2, 0.25) is 0 Å². The van der Waals surface area contributed by atoms with Crippen molar-refractivity contribution in [1.82, 2.24) is 9.55 Å². The summed E-state index contributed by atoms with van der Waals surface area (Å²) in [4.78, 5) is 3.95. The van der Waals surface area contributed by atoms with Crippen molar-refractivity contribution in [2.45, 2.75) is 0 Å². The van der Waals surface area contributed by atoms with E-state index in [0.29, 0.717) is 0 Å². The minimum absolute atomic E-state index is 0. The zero-order valence-corrected chi connectivity index (χ0v) is 8.74. The van der Waals surface area contributed by atoms with Crippen molar-refractivity contribution in [3.8, 4) is 5.69 Å². The minimum atomic E-state index is 0. The fraction of sp³-hybridized carbons (Fsp3) is 0. The van der Waals surface area contributed by atoms with Gasteiger partial charge in [0.15, 0.2) is 0 Å². The summed E-state index contributed by atoms with van der Waals surface area (Å²) >= 11 is 0. The lowest BCUT2D eigenvalue weighted by atomic mass is 10.2. The highest BCUT2D eigenvalue weighted by Gasteiger charge is 1.97. The minimum Gasteiger partial charge on any atom is -0.384 e. The van der Waals surface area contributed by atoms with E-state index in [1.807, 2.05) is 35.0 Å². The molecule has 0 radical (unpaired) electrons. The quantitative estimate of drug-likeness (QED) is 0.599. The first kappa shape index (κ1) is 11.3. The molecule has 2 aromatic rings. The zero-order valence-electron chi connectivity index (χ0n) is 7.92. The molecule has 5 heteroatoms. The van der Waals surface area contributed by atoms with Gasteiger partial charge in [0, 0.05) is 23.6 Å². The molecular formula is C10H11ClN4. The summed E-state index contributed by atoms with van der Waals surface area (Å²) in [5.74, 6) is 0.0854. The van der Waals surface area contributed by atoms with Crippen molar-refractivity contribution < 1.29 is 0 Å². The van der Waals surface area contributed by atoms with E-state index in [4.69, 9.17) is 11.1 Å². The van der Waals surface area contributed by atoms with Crippen molar-refractivity contribution in [3.05, 3.63) is 48.5 Å². The van der Waals surface area contributed by atoms with E-state index in [1.165, 1.54) is 0 Å². The SMILES string of the molecule is Cl.N=C(N)c1ccc(-n2ccnc2)cc1. The van der Waals surface area contributed by atoms with Crippen LogP contribution in [0.2, 0.25) is 0 Å². The number of nitrogen functional groups attached to an aromatic ring is 1. The summed E-state index contributed by atoms with van der Waals surface area (Å²) in [6.45, 7) is 0. The van der Waals surface area contributed by atoms with Gasteiger partial charge in [0.25, 0.3) is 0 Å². The predicted molar refractivity (Wildman–Crippen MR) is 61.8 cm³/mol. The first-order valence-corrected chi connectivity index (χ1v) is 4.20. The molecule has 0 atom stereocenters. The van der Waals surface area contributed by atoms with E-state index in [2.05, 4.69) is 4.98 Å². The number of hydrogen-bond donors (Lipinski definition) is 2. The van der Waals surface area contributed by atoms with Gasteiger partial charge < -0.3 is 10.3 Å². The molecule has 0 amide bonds. The molecule has 3 N–H and O–H groups in total. The maximum atomic E-state index is 7.24. The lowest BCUT2D eigenvalue weighted by Crippen LogP contribution is -2.10. The topological polar surface area (TPSA) is 67.7 Å². The van der Waals surface area contributed by atoms with Gasteiger partial charge in [-0.05, 0) is 24.3 Å². The number of hydrogen-bond acceptors (Lipinski definition) is 2. The van der Waals surface area contributed by atoms with Gasteiger partial charge in [-0.1, -0.05) is 0 Å². The number of benzene rings is 1. The number of halogens is 1. The second-order valence-corrected chi connectivity index (χ2v) is 2.93. The summed E-state index contributed by atoms with van der Waals surface area (Å²) in [6, 6.07) is 7.44. The van der Waals surface area contributed by atoms with Gasteiger partial charge in [0.05, 0.1) is 6.33 Å². The van der Waals surface area contributed by atoms with E-state index in [-0.39, 0.29) is 18.2 Å². The second kappa shape index (κ2) is 4.61. The molecule has 0 bridgehead atoms. The average molecular weight is 223 g/mol. The molecule has 2 rings (SSSR count). The normalized spacial score (nSPS) is 9.33. The highest BCUT2D eigenvalue weighted by atomic mass is 35.5. The van der Waals surface area contributed by atoms with Gasteiger partial charge in [-0.3, -0.25) is 5.41 Å². The van der Waals surface area contributed by atoms with Crippen LogP contribution in [0.1, 0.15) is 5.56 Å². The Labute approximate surface area is 93.7 Å². The summed E-state index contributed by atoms with van der Waals surface area (Å²) < 4.78 is 1.89. The number of nitrogens with zero attached hydrogens (tertiary/aromatic N) is 2. The van der Waals surface area contributed by atoms with E-state index in [9.17, 15) is 0 Å². The Morgan fingerprint density at radius 3 is 2.40 bits per heavy atom. The molecule has 0 aliphatic heterocycles. The van der Waals surface area contributed by atoms with Crippen molar-refractivity contribution in [2.75, 3.05) is 0 Å². The third kappa shape index (κ3) is 2.35. The number of aromatic nitrogens is 2. The second-order valence-electron chi connectivity index (χ2n) is 2.93. The summed E-state index contributed by atoms with van der Waals surface area (Å²) in [5.41, 5.74) is 7.08. The molecule has 0 spiro atoms. The van der Waals surface area contributed by atoms with Crippen LogP contribution in [0, 0.1) is 5.41 Å². The molecule has 0 saturated heterocycles. The Morgan fingerprint density at radius 1 is 1.27 bits per heavy atom. The lowest BCUT2D eigenvalue weighted by molar-refractivity contribution is 1.06. The Morgan fingerprint density at radius 2 is 1.93 bits per heavy atom. The van der Waals surface area contributed by atoms with Crippen LogP contribution < -0.4 is 5.73 Å². The molecule has 4 nitrogen and oxygen atoms in total. The van der Waals surface area contributed by atoms with Crippen LogP contribution in [0.15, 0.2) is 43.0 Å². The molecule has 0 unspecified atom stereocenters. The van der Waals surface area contributed by atoms with E-state index in [0.717, 1.165) is 11.3 Å². The largest absolute Gasteiger partial charge is 0.384 e. The smallest absolute Gasteiger partial charge is 0.122 e. The van der Waals surface area contributed by atoms with Gasteiger partial charge >= 0.3 is 0 Å². The summed E-state index contributed by atoms with van der Waals surface area (Å²) in [7, 11) is 0. The first-order valence-electron chi connectivity index (χ1n) is 4.20. The predicted octanol–water partition coefficient (Wildman–Crippen LogP) is 1.58. The first-order chi connectivity index (χ1) is 6.77. The van der Waals surface area contributed by atoms with Crippen molar-refractivity contribution in [1.29, 1.82) is 5.41 Å². The van der Waals surface area contributed by atoms with Gasteiger partial charge in [-0.2, -0.15) is 0 Å². The standard InChI is InChI=1S/C10H10N4.ClH/c11-10(12)8-1-3-9(4-2-8)14-6-5-13-7-14;/h1-7H,(H3,11,12);1H. The van der Waals surface area contributed by atoms with Gasteiger partial charge in [-0.15, -0.1) is 12.4 Å². The summed E-state index contributed by atoms with van der Waals surface area (Å²) in [6.07, 6.45) is 5.31. The maximum Gasteiger partial charge on any atom is 0.122 e. The molecule has 1 aromatic carbocycles. The molecule has 0 aliphatic carbocycles. The van der Waals surface area contributed by atoms with Crippen LogP contribution in [0.4, 0.5) is 0 Å². The maximum absolute atomic E-state index is 7.24. The Hall–Kier alpha value is -1.81.